The Balaban J connectivity index is 2.10. The van der Waals surface area contributed by atoms with Gasteiger partial charge in [0.05, 0.1) is 23.5 Å². The first kappa shape index (κ1) is 13.7. The molecule has 0 amide bonds. The summed E-state index contributed by atoms with van der Waals surface area (Å²) in [5.41, 5.74) is 1.53. The largest absolute Gasteiger partial charge is 0.295 e. The Kier molecular flexibility index (Phi) is 3.85. The summed E-state index contributed by atoms with van der Waals surface area (Å²) in [5.74, 6) is -0.717. The Labute approximate surface area is 128 Å². The van der Waals surface area contributed by atoms with Crippen LogP contribution >= 0.6 is 28.1 Å². The number of hydrogen-bond donors (Lipinski definition) is 0. The smallest absolute Gasteiger partial charge is 0.149 e. The third-order valence-electron chi connectivity index (χ3n) is 2.98. The van der Waals surface area contributed by atoms with Gasteiger partial charge in [-0.05, 0) is 24.3 Å². The van der Waals surface area contributed by atoms with Crippen LogP contribution in [0.4, 0.5) is 25.8 Å². The Morgan fingerprint density at radius 3 is 2.40 bits per heavy atom. The lowest BCUT2D eigenvalue weighted by atomic mass is 10.2. The molecule has 1 aliphatic rings. The van der Waals surface area contributed by atoms with E-state index in [1.165, 1.54) is 24.3 Å². The van der Waals surface area contributed by atoms with Crippen LogP contribution in [0.1, 0.15) is 0 Å². The molecule has 0 saturated heterocycles. The first-order valence-electron chi connectivity index (χ1n) is 6.07. The van der Waals surface area contributed by atoms with Gasteiger partial charge in [0, 0.05) is 11.9 Å². The van der Waals surface area contributed by atoms with Crippen LogP contribution < -0.4 is 8.61 Å². The van der Waals surface area contributed by atoms with Gasteiger partial charge in [0.25, 0.3) is 0 Å². The Hall–Kier alpha value is -1.27. The third-order valence-corrected chi connectivity index (χ3v) is 4.45. The molecule has 0 atom stereocenters. The minimum absolute atomic E-state index is 0.352. The third kappa shape index (κ3) is 2.27. The maximum Gasteiger partial charge on any atom is 0.149 e. The monoisotopic (exact) mass is 356 g/mol. The zero-order chi connectivity index (χ0) is 14.1. The molecule has 1 aliphatic heterocycles. The number of alkyl halides is 1. The number of para-hydroxylation sites is 2. The van der Waals surface area contributed by atoms with Gasteiger partial charge in [-0.2, -0.15) is 0 Å². The van der Waals surface area contributed by atoms with E-state index in [-0.39, 0.29) is 11.6 Å². The zero-order valence-electron chi connectivity index (χ0n) is 10.4. The van der Waals surface area contributed by atoms with Gasteiger partial charge < -0.3 is 0 Å². The summed E-state index contributed by atoms with van der Waals surface area (Å²) in [7, 11) is 0. The maximum atomic E-state index is 14.2. The second-order valence-electron chi connectivity index (χ2n) is 4.23. The summed E-state index contributed by atoms with van der Waals surface area (Å²) >= 11 is 4.68. The van der Waals surface area contributed by atoms with Gasteiger partial charge in [-0.3, -0.25) is 8.61 Å². The van der Waals surface area contributed by atoms with Crippen molar-refractivity contribution in [2.75, 3.05) is 20.5 Å². The fourth-order valence-electron chi connectivity index (χ4n) is 2.11. The molecule has 2 aromatic rings. The molecular weight excluding hydrogens is 346 g/mol. The molecule has 0 unspecified atom stereocenters. The highest BCUT2D eigenvalue weighted by Gasteiger charge is 2.32. The normalized spacial score (nSPS) is 13.8. The first-order valence-corrected chi connectivity index (χ1v) is 7.92. The average Bonchev–Trinajstić information content (AvgIpc) is 2.80. The predicted molar refractivity (Wildman–Crippen MR) is 83.7 cm³/mol. The molecule has 1 heterocycles. The molecule has 2 nitrogen and oxygen atoms in total. The van der Waals surface area contributed by atoms with Crippen molar-refractivity contribution in [1.82, 2.24) is 0 Å². The highest BCUT2D eigenvalue weighted by molar-refractivity contribution is 9.09. The molecule has 3 rings (SSSR count). The first-order chi connectivity index (χ1) is 9.72. The van der Waals surface area contributed by atoms with Crippen molar-refractivity contribution >= 4 is 45.1 Å². The van der Waals surface area contributed by atoms with Crippen molar-refractivity contribution < 1.29 is 8.78 Å². The quantitative estimate of drug-likeness (QED) is 0.571. The number of anilines is 3. The summed E-state index contributed by atoms with van der Waals surface area (Å²) in [6, 6.07) is 11.3. The van der Waals surface area contributed by atoms with Crippen LogP contribution in [0.25, 0.3) is 0 Å². The van der Waals surface area contributed by atoms with E-state index in [1.54, 1.807) is 28.6 Å². The van der Waals surface area contributed by atoms with Gasteiger partial charge in [0.15, 0.2) is 0 Å². The lowest BCUT2D eigenvalue weighted by molar-refractivity contribution is 0.623. The SMILES string of the molecule is Fc1ccccc1N1SN(CCBr)c2cccc(F)c21. The molecule has 2 aromatic carbocycles. The van der Waals surface area contributed by atoms with E-state index >= 15 is 0 Å². The highest BCUT2D eigenvalue weighted by Crippen LogP contribution is 2.50. The molecule has 0 spiro atoms. The van der Waals surface area contributed by atoms with Gasteiger partial charge >= 0.3 is 0 Å². The van der Waals surface area contributed by atoms with E-state index < -0.39 is 0 Å². The van der Waals surface area contributed by atoms with E-state index in [0.29, 0.717) is 17.9 Å². The van der Waals surface area contributed by atoms with Gasteiger partial charge in [-0.1, -0.05) is 34.1 Å². The van der Waals surface area contributed by atoms with E-state index in [4.69, 9.17) is 0 Å². The van der Waals surface area contributed by atoms with Gasteiger partial charge in [-0.15, -0.1) is 0 Å². The van der Waals surface area contributed by atoms with Crippen LogP contribution in [0, 0.1) is 11.6 Å². The van der Waals surface area contributed by atoms with Crippen molar-refractivity contribution in [2.24, 2.45) is 0 Å². The van der Waals surface area contributed by atoms with Crippen molar-refractivity contribution in [3.63, 3.8) is 0 Å². The molecular formula is C14H11BrF2N2S. The van der Waals surface area contributed by atoms with E-state index in [2.05, 4.69) is 15.9 Å². The summed E-state index contributed by atoms with van der Waals surface area (Å²) < 4.78 is 31.7. The zero-order valence-corrected chi connectivity index (χ0v) is 12.8. The lowest BCUT2D eigenvalue weighted by Crippen LogP contribution is -2.16. The van der Waals surface area contributed by atoms with Crippen LogP contribution in [0.2, 0.25) is 0 Å². The van der Waals surface area contributed by atoms with E-state index in [1.807, 2.05) is 10.4 Å². The summed E-state index contributed by atoms with van der Waals surface area (Å²) in [6.45, 7) is 0.700. The molecule has 6 heteroatoms. The van der Waals surface area contributed by atoms with Crippen molar-refractivity contribution in [1.29, 1.82) is 0 Å². The summed E-state index contributed by atoms with van der Waals surface area (Å²) in [5, 5.41) is 0.751. The molecule has 0 N–H and O–H groups in total. The number of hydrogen-bond acceptors (Lipinski definition) is 3. The van der Waals surface area contributed by atoms with Crippen LogP contribution in [0.3, 0.4) is 0 Å². The maximum absolute atomic E-state index is 14.2. The number of nitrogens with zero attached hydrogens (tertiary/aromatic N) is 2. The molecule has 0 radical (unpaired) electrons. The molecule has 0 aliphatic carbocycles. The van der Waals surface area contributed by atoms with E-state index in [0.717, 1.165) is 11.0 Å². The minimum atomic E-state index is -0.366. The van der Waals surface area contributed by atoms with Crippen LogP contribution in [-0.2, 0) is 0 Å². The number of rotatable bonds is 3. The summed E-state index contributed by atoms with van der Waals surface area (Å²) in [4.78, 5) is 0. The molecule has 0 bridgehead atoms. The Morgan fingerprint density at radius 1 is 0.950 bits per heavy atom. The van der Waals surface area contributed by atoms with Crippen LogP contribution in [-0.4, -0.2) is 11.9 Å². The second-order valence-corrected chi connectivity index (χ2v) is 5.99. The van der Waals surface area contributed by atoms with Gasteiger partial charge in [0.1, 0.15) is 17.3 Å². The topological polar surface area (TPSA) is 6.48 Å². The number of fused-ring (bicyclic) bond motifs is 1. The standard InChI is InChI=1S/C14H11BrF2N2S/c15-8-9-18-13-7-3-5-11(17)14(13)19(20-18)12-6-2-1-4-10(12)16/h1-7H,8-9H2. The molecule has 104 valence electrons. The fraction of sp³-hybridized carbons (Fsp3) is 0.143. The molecule has 0 saturated carbocycles. The minimum Gasteiger partial charge on any atom is -0.295 e. The Bertz CT molecular complexity index is 638. The molecule has 0 fully saturated rings. The molecule has 0 aromatic heterocycles. The van der Waals surface area contributed by atoms with Crippen LogP contribution in [0.5, 0.6) is 0 Å². The predicted octanol–water partition coefficient (Wildman–Crippen LogP) is 4.88. The number of halogens is 3. The van der Waals surface area contributed by atoms with Crippen LogP contribution in [0.15, 0.2) is 42.5 Å². The highest BCUT2D eigenvalue weighted by atomic mass is 79.9. The number of benzene rings is 2. The van der Waals surface area contributed by atoms with Crippen molar-refractivity contribution in [3.05, 3.63) is 54.1 Å². The molecule has 20 heavy (non-hydrogen) atoms. The van der Waals surface area contributed by atoms with Crippen molar-refractivity contribution in [3.8, 4) is 0 Å². The van der Waals surface area contributed by atoms with Gasteiger partial charge in [0.2, 0.25) is 0 Å². The summed E-state index contributed by atoms with van der Waals surface area (Å²) in [6.07, 6.45) is 0. The lowest BCUT2D eigenvalue weighted by Gasteiger charge is -2.19. The van der Waals surface area contributed by atoms with E-state index in [9.17, 15) is 8.78 Å². The second kappa shape index (κ2) is 5.61. The van der Waals surface area contributed by atoms with Gasteiger partial charge in [-0.25, -0.2) is 8.78 Å². The Morgan fingerprint density at radius 2 is 1.65 bits per heavy atom. The average molecular weight is 357 g/mol. The fourth-order valence-corrected chi connectivity index (χ4v) is 3.80. The van der Waals surface area contributed by atoms with Crippen molar-refractivity contribution in [2.45, 2.75) is 0 Å².